The van der Waals surface area contributed by atoms with Crippen molar-refractivity contribution in [1.82, 2.24) is 20.1 Å². The Labute approximate surface area is 142 Å². The summed E-state index contributed by atoms with van der Waals surface area (Å²) in [6.07, 6.45) is 7.89. The fraction of sp³-hybridized carbons (Fsp3) is 0.444. The van der Waals surface area contributed by atoms with Gasteiger partial charge in [-0.05, 0) is 49.4 Å². The van der Waals surface area contributed by atoms with Crippen molar-refractivity contribution < 1.29 is 4.79 Å². The zero-order valence-electron chi connectivity index (χ0n) is 14.0. The summed E-state index contributed by atoms with van der Waals surface area (Å²) in [4.78, 5) is 18.7. The zero-order valence-corrected chi connectivity index (χ0v) is 14.0. The molecule has 1 atom stereocenters. The Balaban J connectivity index is 1.62. The van der Waals surface area contributed by atoms with Crippen molar-refractivity contribution in [1.29, 1.82) is 0 Å². The minimum Gasteiger partial charge on any atom is -0.364 e. The van der Waals surface area contributed by atoms with Gasteiger partial charge in [-0.25, -0.2) is 0 Å². The first-order valence-electron chi connectivity index (χ1n) is 8.55. The number of nitrogens with one attached hydrogen (secondary N) is 1. The maximum atomic E-state index is 12.7. The van der Waals surface area contributed by atoms with Crippen LogP contribution in [0.25, 0.3) is 0 Å². The van der Waals surface area contributed by atoms with E-state index in [1.165, 1.54) is 6.42 Å². The molecule has 1 saturated heterocycles. The summed E-state index contributed by atoms with van der Waals surface area (Å²) in [6, 6.07) is 7.78. The van der Waals surface area contributed by atoms with Crippen molar-refractivity contribution in [3.8, 4) is 0 Å². The second-order valence-corrected chi connectivity index (χ2v) is 6.08. The lowest BCUT2D eigenvalue weighted by Gasteiger charge is -2.34. The van der Waals surface area contributed by atoms with E-state index in [2.05, 4.69) is 27.4 Å². The first kappa shape index (κ1) is 16.4. The Hall–Kier alpha value is -2.50. The number of piperidine rings is 1. The van der Waals surface area contributed by atoms with E-state index in [0.717, 1.165) is 31.4 Å². The molecule has 0 saturated carbocycles. The number of likely N-dealkylation sites (tertiary alicyclic amines) is 1. The molecule has 1 aliphatic rings. The molecular formula is C18H23N5O. The molecule has 1 aliphatic heterocycles. The van der Waals surface area contributed by atoms with E-state index in [1.54, 1.807) is 18.5 Å². The highest BCUT2D eigenvalue weighted by Gasteiger charge is 2.27. The van der Waals surface area contributed by atoms with E-state index in [0.29, 0.717) is 24.1 Å². The van der Waals surface area contributed by atoms with Gasteiger partial charge in [0.1, 0.15) is 5.82 Å². The molecule has 0 aliphatic carbocycles. The maximum Gasteiger partial charge on any atom is 0.274 e. The maximum absolute atomic E-state index is 12.7. The molecule has 3 rings (SSSR count). The number of anilines is 1. The largest absolute Gasteiger partial charge is 0.364 e. The van der Waals surface area contributed by atoms with Crippen molar-refractivity contribution in [2.75, 3.05) is 11.9 Å². The molecule has 2 aromatic rings. The lowest BCUT2D eigenvalue weighted by atomic mass is 9.99. The van der Waals surface area contributed by atoms with Gasteiger partial charge in [-0.15, -0.1) is 10.2 Å². The Bertz CT molecular complexity index is 659. The van der Waals surface area contributed by atoms with Gasteiger partial charge >= 0.3 is 0 Å². The highest BCUT2D eigenvalue weighted by Crippen LogP contribution is 2.21. The highest BCUT2D eigenvalue weighted by atomic mass is 16.2. The number of nitrogens with zero attached hydrogens (tertiary/aromatic N) is 4. The van der Waals surface area contributed by atoms with Gasteiger partial charge in [0, 0.05) is 31.5 Å². The summed E-state index contributed by atoms with van der Waals surface area (Å²) >= 11 is 0. The van der Waals surface area contributed by atoms with E-state index < -0.39 is 0 Å². The number of carbonyl (C=O) groups is 1. The van der Waals surface area contributed by atoms with Gasteiger partial charge in [0.15, 0.2) is 5.69 Å². The van der Waals surface area contributed by atoms with Gasteiger partial charge < -0.3 is 10.2 Å². The van der Waals surface area contributed by atoms with Crippen LogP contribution in [0.1, 0.15) is 48.7 Å². The average molecular weight is 325 g/mol. The lowest BCUT2D eigenvalue weighted by Crippen LogP contribution is -2.43. The van der Waals surface area contributed by atoms with Crippen LogP contribution >= 0.6 is 0 Å². The molecule has 0 bridgehead atoms. The molecule has 3 heterocycles. The molecule has 6 heteroatoms. The SMILES string of the molecule is CCC1CCCCN1C(=O)c1ccc(NCc2cccnc2)nn1. The highest BCUT2D eigenvalue weighted by molar-refractivity contribution is 5.92. The van der Waals surface area contributed by atoms with Crippen molar-refractivity contribution >= 4 is 11.7 Å². The van der Waals surface area contributed by atoms with Crippen LogP contribution in [0.3, 0.4) is 0 Å². The Kier molecular flexibility index (Phi) is 5.36. The fourth-order valence-corrected chi connectivity index (χ4v) is 3.08. The third kappa shape index (κ3) is 3.88. The molecule has 1 N–H and O–H groups in total. The molecule has 24 heavy (non-hydrogen) atoms. The molecule has 0 radical (unpaired) electrons. The molecule has 126 valence electrons. The van der Waals surface area contributed by atoms with Gasteiger partial charge in [-0.1, -0.05) is 13.0 Å². The molecular weight excluding hydrogens is 302 g/mol. The first-order chi connectivity index (χ1) is 11.8. The van der Waals surface area contributed by atoms with Crippen LogP contribution in [-0.4, -0.2) is 38.6 Å². The summed E-state index contributed by atoms with van der Waals surface area (Å²) in [7, 11) is 0. The van der Waals surface area contributed by atoms with Crippen molar-refractivity contribution in [3.05, 3.63) is 47.9 Å². The third-order valence-corrected chi connectivity index (χ3v) is 4.44. The van der Waals surface area contributed by atoms with Gasteiger partial charge in [0.05, 0.1) is 0 Å². The summed E-state index contributed by atoms with van der Waals surface area (Å²) < 4.78 is 0. The standard InChI is InChI=1S/C18H23N5O/c1-2-15-7-3-4-11-23(15)18(24)16-8-9-17(22-21-16)20-13-14-6-5-10-19-12-14/h5-6,8-10,12,15H,2-4,7,11,13H2,1H3,(H,20,22). The number of rotatable bonds is 5. The Morgan fingerprint density at radius 2 is 2.21 bits per heavy atom. The fourth-order valence-electron chi connectivity index (χ4n) is 3.08. The van der Waals surface area contributed by atoms with E-state index in [1.807, 2.05) is 23.1 Å². The molecule has 6 nitrogen and oxygen atoms in total. The Morgan fingerprint density at radius 1 is 1.29 bits per heavy atom. The second kappa shape index (κ2) is 7.86. The molecule has 1 unspecified atom stereocenters. The predicted octanol–water partition coefficient (Wildman–Crippen LogP) is 2.89. The summed E-state index contributed by atoms with van der Waals surface area (Å²) in [6.45, 7) is 3.58. The number of hydrogen-bond acceptors (Lipinski definition) is 5. The Morgan fingerprint density at radius 3 is 2.92 bits per heavy atom. The zero-order chi connectivity index (χ0) is 16.8. The third-order valence-electron chi connectivity index (χ3n) is 4.44. The molecule has 1 amide bonds. The summed E-state index contributed by atoms with van der Waals surface area (Å²) in [5, 5.41) is 11.4. The van der Waals surface area contributed by atoms with Gasteiger partial charge in [-0.2, -0.15) is 0 Å². The number of carbonyl (C=O) groups excluding carboxylic acids is 1. The van der Waals surface area contributed by atoms with E-state index >= 15 is 0 Å². The first-order valence-corrected chi connectivity index (χ1v) is 8.55. The number of aromatic nitrogens is 3. The van der Waals surface area contributed by atoms with Gasteiger partial charge in [0.25, 0.3) is 5.91 Å². The molecule has 0 spiro atoms. The van der Waals surface area contributed by atoms with Crippen molar-refractivity contribution in [2.24, 2.45) is 0 Å². The monoisotopic (exact) mass is 325 g/mol. The van der Waals surface area contributed by atoms with Crippen LogP contribution in [0.15, 0.2) is 36.7 Å². The van der Waals surface area contributed by atoms with E-state index in [9.17, 15) is 4.79 Å². The van der Waals surface area contributed by atoms with Crippen LogP contribution in [0.2, 0.25) is 0 Å². The molecule has 1 fully saturated rings. The van der Waals surface area contributed by atoms with E-state index in [-0.39, 0.29) is 5.91 Å². The number of pyridine rings is 1. The molecule has 2 aromatic heterocycles. The predicted molar refractivity (Wildman–Crippen MR) is 92.6 cm³/mol. The number of amides is 1. The lowest BCUT2D eigenvalue weighted by molar-refractivity contribution is 0.0601. The average Bonchev–Trinajstić information content (AvgIpc) is 2.67. The van der Waals surface area contributed by atoms with Crippen molar-refractivity contribution in [2.45, 2.75) is 45.2 Å². The normalized spacial score (nSPS) is 17.5. The minimum atomic E-state index is -0.00661. The smallest absolute Gasteiger partial charge is 0.274 e. The quantitative estimate of drug-likeness (QED) is 0.915. The van der Waals surface area contributed by atoms with Crippen LogP contribution in [0, 0.1) is 0 Å². The summed E-state index contributed by atoms with van der Waals surface area (Å²) in [5.74, 6) is 0.647. The van der Waals surface area contributed by atoms with Crippen LogP contribution < -0.4 is 5.32 Å². The summed E-state index contributed by atoms with van der Waals surface area (Å²) in [5.41, 5.74) is 1.49. The van der Waals surface area contributed by atoms with Crippen LogP contribution in [0.5, 0.6) is 0 Å². The molecule has 0 aromatic carbocycles. The van der Waals surface area contributed by atoms with Crippen molar-refractivity contribution in [3.63, 3.8) is 0 Å². The topological polar surface area (TPSA) is 71.0 Å². The van der Waals surface area contributed by atoms with Crippen LogP contribution in [0.4, 0.5) is 5.82 Å². The second-order valence-electron chi connectivity index (χ2n) is 6.08. The van der Waals surface area contributed by atoms with Gasteiger partial charge in [0.2, 0.25) is 0 Å². The van der Waals surface area contributed by atoms with Crippen LogP contribution in [-0.2, 0) is 6.54 Å². The van der Waals surface area contributed by atoms with Gasteiger partial charge in [-0.3, -0.25) is 9.78 Å². The minimum absolute atomic E-state index is 0.00661. The van der Waals surface area contributed by atoms with E-state index in [4.69, 9.17) is 0 Å². The number of hydrogen-bond donors (Lipinski definition) is 1.